The molecule has 1 heteroatoms. The molecule has 0 unspecified atom stereocenters. The third kappa shape index (κ3) is 14.8. The maximum atomic E-state index is 6.93. The van der Waals surface area contributed by atoms with E-state index in [1.165, 1.54) is 164 Å². The van der Waals surface area contributed by atoms with Crippen molar-refractivity contribution < 1.29 is 4.74 Å². The van der Waals surface area contributed by atoms with Gasteiger partial charge in [0, 0.05) is 0 Å². The van der Waals surface area contributed by atoms with Crippen LogP contribution in [0.25, 0.3) is 0 Å². The fourth-order valence-corrected chi connectivity index (χ4v) is 6.22. The van der Waals surface area contributed by atoms with Crippen LogP contribution in [-0.2, 0) is 25.7 Å². The molecule has 0 radical (unpaired) electrons. The van der Waals surface area contributed by atoms with Crippen molar-refractivity contribution in [2.45, 2.75) is 182 Å². The van der Waals surface area contributed by atoms with Crippen molar-refractivity contribution in [3.63, 3.8) is 0 Å². The highest BCUT2D eigenvalue weighted by Gasteiger charge is 2.15. The lowest BCUT2D eigenvalue weighted by Gasteiger charge is -2.19. The third-order valence-electron chi connectivity index (χ3n) is 8.84. The summed E-state index contributed by atoms with van der Waals surface area (Å²) >= 11 is 0. The highest BCUT2D eigenvalue weighted by molar-refractivity contribution is 5.47. The first-order chi connectivity index (χ1) is 20.2. The minimum absolute atomic E-state index is 1.12. The summed E-state index contributed by atoms with van der Waals surface area (Å²) in [6, 6.07) is 13.7. The van der Waals surface area contributed by atoms with E-state index in [0.29, 0.717) is 0 Å². The average Bonchev–Trinajstić information content (AvgIpc) is 2.98. The summed E-state index contributed by atoms with van der Waals surface area (Å²) in [5.41, 5.74) is 6.01. The third-order valence-corrected chi connectivity index (χ3v) is 8.84. The predicted molar refractivity (Wildman–Crippen MR) is 183 cm³/mol. The van der Waals surface area contributed by atoms with E-state index in [1.54, 1.807) is 0 Å². The lowest BCUT2D eigenvalue weighted by Crippen LogP contribution is -2.03. The van der Waals surface area contributed by atoms with Gasteiger partial charge in [0.25, 0.3) is 0 Å². The fraction of sp³-hybridized carbons (Fsp3) is 0.700. The molecule has 0 bridgehead atoms. The second-order valence-electron chi connectivity index (χ2n) is 12.5. The fourth-order valence-electron chi connectivity index (χ4n) is 6.22. The molecule has 1 nitrogen and oxygen atoms in total. The molecule has 0 spiro atoms. The Morgan fingerprint density at radius 2 is 0.683 bits per heavy atom. The van der Waals surface area contributed by atoms with Crippen LogP contribution in [0.15, 0.2) is 36.4 Å². The molecular formula is C40H66O. The molecular weight excluding hydrogens is 496 g/mol. The van der Waals surface area contributed by atoms with Crippen molar-refractivity contribution >= 4 is 0 Å². The van der Waals surface area contributed by atoms with Gasteiger partial charge in [-0.2, -0.15) is 0 Å². The van der Waals surface area contributed by atoms with Gasteiger partial charge in [0.15, 0.2) is 0 Å². The highest BCUT2D eigenvalue weighted by atomic mass is 16.5. The van der Waals surface area contributed by atoms with Crippen molar-refractivity contribution in [1.29, 1.82) is 0 Å². The van der Waals surface area contributed by atoms with Gasteiger partial charge in [0.2, 0.25) is 0 Å². The quantitative estimate of drug-likeness (QED) is 0.104. The van der Waals surface area contributed by atoms with Gasteiger partial charge in [0.1, 0.15) is 11.5 Å². The van der Waals surface area contributed by atoms with E-state index in [4.69, 9.17) is 4.74 Å². The minimum Gasteiger partial charge on any atom is -0.457 e. The van der Waals surface area contributed by atoms with E-state index in [0.717, 1.165) is 24.3 Å². The van der Waals surface area contributed by atoms with Crippen molar-refractivity contribution in [2.75, 3.05) is 0 Å². The van der Waals surface area contributed by atoms with Gasteiger partial charge in [-0.15, -0.1) is 0 Å². The first-order valence-corrected chi connectivity index (χ1v) is 18.1. The van der Waals surface area contributed by atoms with Crippen molar-refractivity contribution in [3.8, 4) is 11.5 Å². The topological polar surface area (TPSA) is 9.23 Å². The molecule has 41 heavy (non-hydrogen) atoms. The second kappa shape index (κ2) is 23.8. The SMILES string of the molecule is CCCCCCCCCc1cccc(Oc2cccc(CCCCCCCCC)c2CCCCC)c1CCCCC. The number of benzene rings is 2. The van der Waals surface area contributed by atoms with Crippen LogP contribution in [0.4, 0.5) is 0 Å². The summed E-state index contributed by atoms with van der Waals surface area (Å²) in [5, 5.41) is 0. The number of ether oxygens (including phenoxy) is 1. The first-order valence-electron chi connectivity index (χ1n) is 18.1. The Balaban J connectivity index is 2.16. The van der Waals surface area contributed by atoms with Gasteiger partial charge in [-0.25, -0.2) is 0 Å². The zero-order valence-electron chi connectivity index (χ0n) is 27.8. The molecule has 0 N–H and O–H groups in total. The van der Waals surface area contributed by atoms with Crippen LogP contribution in [0, 0.1) is 0 Å². The molecule has 2 aromatic carbocycles. The first kappa shape index (κ1) is 35.4. The summed E-state index contributed by atoms with van der Waals surface area (Å²) in [6.07, 6.45) is 31.4. The molecule has 0 amide bonds. The van der Waals surface area contributed by atoms with Crippen LogP contribution < -0.4 is 4.74 Å². The summed E-state index contributed by atoms with van der Waals surface area (Å²) in [6.45, 7) is 9.22. The molecule has 0 atom stereocenters. The largest absolute Gasteiger partial charge is 0.457 e. The van der Waals surface area contributed by atoms with E-state index >= 15 is 0 Å². The molecule has 2 rings (SSSR count). The van der Waals surface area contributed by atoms with Crippen LogP contribution in [-0.4, -0.2) is 0 Å². The number of hydrogen-bond acceptors (Lipinski definition) is 1. The van der Waals surface area contributed by atoms with Crippen molar-refractivity contribution in [1.82, 2.24) is 0 Å². The predicted octanol–water partition coefficient (Wildman–Crippen LogP) is 13.5. The molecule has 0 aliphatic carbocycles. The normalized spacial score (nSPS) is 11.3. The molecule has 0 saturated carbocycles. The van der Waals surface area contributed by atoms with Gasteiger partial charge in [0.05, 0.1) is 0 Å². The van der Waals surface area contributed by atoms with E-state index < -0.39 is 0 Å². The Morgan fingerprint density at radius 1 is 0.366 bits per heavy atom. The number of hydrogen-bond donors (Lipinski definition) is 0. The maximum Gasteiger partial charge on any atom is 0.130 e. The Hall–Kier alpha value is -1.76. The number of aryl methyl sites for hydroxylation is 2. The Bertz CT molecular complexity index is 824. The zero-order valence-corrected chi connectivity index (χ0v) is 27.8. The van der Waals surface area contributed by atoms with Gasteiger partial charge in [-0.05, 0) is 85.8 Å². The smallest absolute Gasteiger partial charge is 0.130 e. The minimum atomic E-state index is 1.12. The van der Waals surface area contributed by atoms with Gasteiger partial charge < -0.3 is 4.74 Å². The summed E-state index contributed by atoms with van der Waals surface area (Å²) in [7, 11) is 0. The summed E-state index contributed by atoms with van der Waals surface area (Å²) in [5.74, 6) is 2.23. The molecule has 0 saturated heterocycles. The van der Waals surface area contributed by atoms with Crippen LogP contribution >= 0.6 is 0 Å². The number of rotatable bonds is 26. The van der Waals surface area contributed by atoms with Crippen LogP contribution in [0.1, 0.15) is 178 Å². The Labute approximate surface area is 256 Å². The van der Waals surface area contributed by atoms with Crippen LogP contribution in [0.5, 0.6) is 11.5 Å². The van der Waals surface area contributed by atoms with E-state index in [-0.39, 0.29) is 0 Å². The number of unbranched alkanes of at least 4 members (excludes halogenated alkanes) is 16. The van der Waals surface area contributed by atoms with Crippen molar-refractivity contribution in [3.05, 3.63) is 58.7 Å². The lowest BCUT2D eigenvalue weighted by atomic mass is 9.94. The molecule has 0 aliphatic heterocycles. The Morgan fingerprint density at radius 3 is 1.07 bits per heavy atom. The molecule has 0 fully saturated rings. The standard InChI is InChI=1S/C40H66O/c1-5-9-13-15-17-19-23-27-35-29-25-33-39(37(35)31-21-11-7-3)41-40-34-26-30-36(38(40)32-22-12-8-4)28-24-20-18-16-14-10-6-2/h25-26,29-30,33-34H,5-24,27-28,31-32H2,1-4H3. The van der Waals surface area contributed by atoms with Gasteiger partial charge in [-0.1, -0.05) is 155 Å². The summed E-state index contributed by atoms with van der Waals surface area (Å²) < 4.78 is 6.93. The average molecular weight is 563 g/mol. The van der Waals surface area contributed by atoms with Crippen LogP contribution in [0.2, 0.25) is 0 Å². The molecule has 0 heterocycles. The van der Waals surface area contributed by atoms with Crippen LogP contribution in [0.3, 0.4) is 0 Å². The monoisotopic (exact) mass is 563 g/mol. The summed E-state index contributed by atoms with van der Waals surface area (Å²) in [4.78, 5) is 0. The molecule has 0 aromatic heterocycles. The van der Waals surface area contributed by atoms with Gasteiger partial charge >= 0.3 is 0 Å². The van der Waals surface area contributed by atoms with E-state index in [9.17, 15) is 0 Å². The van der Waals surface area contributed by atoms with Gasteiger partial charge in [-0.3, -0.25) is 0 Å². The van der Waals surface area contributed by atoms with E-state index in [1.807, 2.05) is 0 Å². The second-order valence-corrected chi connectivity index (χ2v) is 12.5. The molecule has 2 aromatic rings. The lowest BCUT2D eigenvalue weighted by molar-refractivity contribution is 0.464. The maximum absolute atomic E-state index is 6.93. The molecule has 232 valence electrons. The van der Waals surface area contributed by atoms with Crippen molar-refractivity contribution in [2.24, 2.45) is 0 Å². The Kier molecular flexibility index (Phi) is 20.5. The highest BCUT2D eigenvalue weighted by Crippen LogP contribution is 2.35. The molecule has 0 aliphatic rings. The zero-order chi connectivity index (χ0) is 29.4. The van der Waals surface area contributed by atoms with E-state index in [2.05, 4.69) is 64.1 Å².